The Hall–Kier alpha value is -2.47. The molecule has 2 aliphatic heterocycles. The molecule has 1 aromatic rings. The first-order valence-corrected chi connectivity index (χ1v) is 14.9. The van der Waals surface area contributed by atoms with Gasteiger partial charge in [0.2, 0.25) is 0 Å². The largest absolute Gasteiger partial charge is 0.482 e. The van der Waals surface area contributed by atoms with Crippen molar-refractivity contribution in [2.45, 2.75) is 109 Å². The molecule has 5 aliphatic rings. The third-order valence-corrected chi connectivity index (χ3v) is 9.64. The fourth-order valence-corrected chi connectivity index (χ4v) is 7.23. The zero-order chi connectivity index (χ0) is 30.7. The average molecular weight is 594 g/mol. The third kappa shape index (κ3) is 6.25. The maximum atomic E-state index is 13.2. The van der Waals surface area contributed by atoms with Gasteiger partial charge in [-0.3, -0.25) is 0 Å². The normalized spacial score (nSPS) is 31.1. The van der Waals surface area contributed by atoms with E-state index in [1.54, 1.807) is 20.8 Å². The van der Waals surface area contributed by atoms with Crippen LogP contribution in [0.1, 0.15) is 78.4 Å². The fraction of sp³-hybridized carbons (Fsp3) is 0.733. The molecular formula is C30H42BF3N2O6. The first-order chi connectivity index (χ1) is 19.5. The Bertz CT molecular complexity index is 1170. The summed E-state index contributed by atoms with van der Waals surface area (Å²) in [6.45, 7) is 12.7. The number of nitrogens with one attached hydrogen (secondary N) is 1. The van der Waals surface area contributed by atoms with Gasteiger partial charge in [-0.15, -0.1) is 0 Å². The lowest BCUT2D eigenvalue weighted by Crippen LogP contribution is -2.65. The summed E-state index contributed by atoms with van der Waals surface area (Å²) in [6, 6.07) is 4.89. The number of hydrogen-bond donors (Lipinski definition) is 1. The van der Waals surface area contributed by atoms with Gasteiger partial charge in [0, 0.05) is 6.54 Å². The lowest BCUT2D eigenvalue weighted by Gasteiger charge is -2.64. The second kappa shape index (κ2) is 10.9. The van der Waals surface area contributed by atoms with Crippen molar-refractivity contribution in [3.8, 4) is 0 Å². The Morgan fingerprint density at radius 1 is 1.14 bits per heavy atom. The van der Waals surface area contributed by atoms with Gasteiger partial charge in [-0.25, -0.2) is 9.59 Å². The van der Waals surface area contributed by atoms with E-state index in [1.165, 1.54) is 17.0 Å². The summed E-state index contributed by atoms with van der Waals surface area (Å²) in [4.78, 5) is 27.3. The molecule has 1 N–H and O–H groups in total. The Kier molecular flexibility index (Phi) is 8.05. The number of piperidine rings is 1. The maximum absolute atomic E-state index is 13.2. The molecule has 232 valence electrons. The van der Waals surface area contributed by atoms with Crippen LogP contribution in [0.5, 0.6) is 0 Å². The van der Waals surface area contributed by atoms with E-state index in [4.69, 9.17) is 18.8 Å². The molecule has 2 amide bonds. The molecule has 3 saturated carbocycles. The topological polar surface area (TPSA) is 86.3 Å². The second-order valence-corrected chi connectivity index (χ2v) is 14.1. The average Bonchev–Trinajstić information content (AvgIpc) is 3.24. The van der Waals surface area contributed by atoms with Crippen molar-refractivity contribution in [2.24, 2.45) is 17.3 Å². The zero-order valence-electron chi connectivity index (χ0n) is 25.3. The minimum Gasteiger partial charge on any atom is -0.444 e. The van der Waals surface area contributed by atoms with Gasteiger partial charge in [-0.1, -0.05) is 26.0 Å². The molecule has 42 heavy (non-hydrogen) atoms. The first-order valence-electron chi connectivity index (χ1n) is 14.9. The molecule has 1 aromatic carbocycles. The second-order valence-electron chi connectivity index (χ2n) is 14.1. The van der Waals surface area contributed by atoms with Crippen molar-refractivity contribution in [1.29, 1.82) is 0 Å². The Labute approximate surface area is 246 Å². The van der Waals surface area contributed by atoms with E-state index < -0.39 is 54.3 Å². The van der Waals surface area contributed by atoms with Gasteiger partial charge in [0.15, 0.2) is 0 Å². The summed E-state index contributed by atoms with van der Waals surface area (Å²) < 4.78 is 63.7. The van der Waals surface area contributed by atoms with Crippen molar-refractivity contribution in [1.82, 2.24) is 10.2 Å². The molecule has 12 heteroatoms. The van der Waals surface area contributed by atoms with Gasteiger partial charge in [-0.2, -0.15) is 13.2 Å². The van der Waals surface area contributed by atoms with Crippen molar-refractivity contribution < 1.29 is 41.5 Å². The van der Waals surface area contributed by atoms with Gasteiger partial charge in [0.05, 0.1) is 29.8 Å². The molecule has 2 bridgehead atoms. The number of nitrogens with zero attached hydrogens (tertiary/aromatic N) is 1. The van der Waals surface area contributed by atoms with Gasteiger partial charge in [-0.05, 0) is 94.7 Å². The van der Waals surface area contributed by atoms with Crippen LogP contribution in [0.3, 0.4) is 0 Å². The zero-order valence-corrected chi connectivity index (χ0v) is 25.3. The number of alkyl halides is 3. The SMILES string of the molecule is CC(C)(C)OC(=O)N1CCC[C@H](OC(=O)N[C@@H](Cc2ccc(C(F)(F)F)cc2)B2O[C@@H]3C[C@@H]4C[C@@H](C4(C)C)[C@]3(C)O2)C1. The molecule has 0 unspecified atom stereocenters. The molecule has 2 heterocycles. The number of halogens is 3. The first kappa shape index (κ1) is 31.0. The molecule has 8 nitrogen and oxygen atoms in total. The highest BCUT2D eigenvalue weighted by Crippen LogP contribution is 2.65. The highest BCUT2D eigenvalue weighted by Gasteiger charge is 2.68. The predicted octanol–water partition coefficient (Wildman–Crippen LogP) is 6.01. The van der Waals surface area contributed by atoms with Crippen molar-refractivity contribution in [3.05, 3.63) is 35.4 Å². The molecule has 6 rings (SSSR count). The van der Waals surface area contributed by atoms with E-state index in [0.29, 0.717) is 36.8 Å². The lowest BCUT2D eigenvalue weighted by atomic mass is 9.43. The van der Waals surface area contributed by atoms with Crippen molar-refractivity contribution in [3.63, 3.8) is 0 Å². The smallest absolute Gasteiger partial charge is 0.444 e. The van der Waals surface area contributed by atoms with Crippen LogP contribution in [0.2, 0.25) is 0 Å². The highest BCUT2D eigenvalue weighted by molar-refractivity contribution is 6.47. The van der Waals surface area contributed by atoms with Crippen LogP contribution in [0.4, 0.5) is 22.8 Å². The fourth-order valence-electron chi connectivity index (χ4n) is 7.23. The standard InChI is InChI=1S/C30H42BF3N2O6/c1-27(2,3)40-26(38)36-13-7-8-21(17-36)39-25(37)35-24(14-18-9-11-19(12-10-18)30(32,33)34)31-41-23-16-20-15-22(28(20,4)5)29(23,6)42-31/h9-12,20-24H,7-8,13-17H2,1-6H3,(H,35,37)/t20-,21-,22-,23+,24-,29-/m0/s1. The van der Waals surface area contributed by atoms with Crippen molar-refractivity contribution in [2.75, 3.05) is 13.1 Å². The van der Waals surface area contributed by atoms with Crippen LogP contribution in [-0.4, -0.2) is 66.6 Å². The van der Waals surface area contributed by atoms with Gasteiger partial charge < -0.3 is 29.0 Å². The molecule has 0 aromatic heterocycles. The van der Waals surface area contributed by atoms with E-state index in [2.05, 4.69) is 26.1 Å². The summed E-state index contributed by atoms with van der Waals surface area (Å²) >= 11 is 0. The molecule has 0 radical (unpaired) electrons. The van der Waals surface area contributed by atoms with Crippen molar-refractivity contribution >= 4 is 19.3 Å². The van der Waals surface area contributed by atoms with Gasteiger partial charge in [0.1, 0.15) is 11.7 Å². The van der Waals surface area contributed by atoms with Gasteiger partial charge in [0.25, 0.3) is 0 Å². The van der Waals surface area contributed by atoms with Crippen LogP contribution in [-0.2, 0) is 31.4 Å². The Morgan fingerprint density at radius 3 is 2.45 bits per heavy atom. The number of hydrogen-bond acceptors (Lipinski definition) is 6. The summed E-state index contributed by atoms with van der Waals surface area (Å²) in [5, 5.41) is 2.89. The number of amides is 2. The van der Waals surface area contributed by atoms with Crippen LogP contribution in [0.25, 0.3) is 0 Å². The minimum atomic E-state index is -4.44. The number of carbonyl (C=O) groups excluding carboxylic acids is 2. The number of benzene rings is 1. The summed E-state index contributed by atoms with van der Waals surface area (Å²) in [5.74, 6) is 0.134. The molecule has 5 fully saturated rings. The number of carbonyl (C=O) groups is 2. The summed E-state index contributed by atoms with van der Waals surface area (Å²) in [7, 11) is -0.797. The maximum Gasteiger partial charge on any atom is 0.482 e. The van der Waals surface area contributed by atoms with Gasteiger partial charge >= 0.3 is 25.5 Å². The van der Waals surface area contributed by atoms with E-state index >= 15 is 0 Å². The molecule has 6 atom stereocenters. The molecular weight excluding hydrogens is 552 g/mol. The monoisotopic (exact) mass is 594 g/mol. The highest BCUT2D eigenvalue weighted by atomic mass is 19.4. The number of likely N-dealkylation sites (tertiary alicyclic amines) is 1. The van der Waals surface area contributed by atoms with Crippen LogP contribution in [0, 0.1) is 17.3 Å². The van der Waals surface area contributed by atoms with E-state index in [0.717, 1.165) is 25.0 Å². The summed E-state index contributed by atoms with van der Waals surface area (Å²) in [5.41, 5.74) is -1.18. The molecule has 0 spiro atoms. The van der Waals surface area contributed by atoms with E-state index in [1.807, 2.05) is 0 Å². The minimum absolute atomic E-state index is 0.125. The van der Waals surface area contributed by atoms with Crippen LogP contribution >= 0.6 is 0 Å². The third-order valence-electron chi connectivity index (χ3n) is 9.64. The molecule has 2 saturated heterocycles. The lowest BCUT2D eigenvalue weighted by molar-refractivity contribution is -0.199. The summed E-state index contributed by atoms with van der Waals surface area (Å²) in [6.07, 6.45) is -2.91. The van der Waals surface area contributed by atoms with E-state index in [-0.39, 0.29) is 24.5 Å². The Morgan fingerprint density at radius 2 is 1.83 bits per heavy atom. The van der Waals surface area contributed by atoms with Crippen LogP contribution < -0.4 is 5.32 Å². The number of alkyl carbamates (subject to hydrolysis) is 1. The Balaban J connectivity index is 1.28. The number of ether oxygens (including phenoxy) is 2. The van der Waals surface area contributed by atoms with Crippen LogP contribution in [0.15, 0.2) is 24.3 Å². The van der Waals surface area contributed by atoms with E-state index in [9.17, 15) is 22.8 Å². The predicted molar refractivity (Wildman–Crippen MR) is 149 cm³/mol. The molecule has 3 aliphatic carbocycles. The number of rotatable bonds is 5. The quantitative estimate of drug-likeness (QED) is 0.421.